The van der Waals surface area contributed by atoms with Crippen LogP contribution in [0.1, 0.15) is 48.0 Å². The first-order chi connectivity index (χ1) is 12.3. The lowest BCUT2D eigenvalue weighted by atomic mass is 9.99. The van der Waals surface area contributed by atoms with Crippen molar-refractivity contribution in [1.82, 2.24) is 15.0 Å². The van der Waals surface area contributed by atoms with E-state index in [1.54, 1.807) is 6.92 Å². The van der Waals surface area contributed by atoms with Gasteiger partial charge in [0.1, 0.15) is 17.0 Å². The summed E-state index contributed by atoms with van der Waals surface area (Å²) in [5, 5.41) is 10.4. The molecule has 2 heterocycles. The smallest absolute Gasteiger partial charge is 0.220 e. The maximum Gasteiger partial charge on any atom is 0.220 e. The number of nitrogens with zero attached hydrogens (tertiary/aromatic N) is 3. The molecule has 5 nitrogen and oxygen atoms in total. The van der Waals surface area contributed by atoms with Gasteiger partial charge in [0.05, 0.1) is 6.20 Å². The molecule has 0 radical (unpaired) electrons. The number of pyridine rings is 1. The van der Waals surface area contributed by atoms with Gasteiger partial charge in [0, 0.05) is 11.3 Å². The predicted octanol–water partition coefficient (Wildman–Crippen LogP) is 2.40. The molecule has 1 atom stereocenters. The zero-order valence-electron chi connectivity index (χ0n) is 14.7. The van der Waals surface area contributed by atoms with Crippen molar-refractivity contribution in [3.05, 3.63) is 52.4 Å². The van der Waals surface area contributed by atoms with E-state index in [1.165, 1.54) is 0 Å². The lowest BCUT2D eigenvalue weighted by Crippen LogP contribution is -2.24. The van der Waals surface area contributed by atoms with E-state index < -0.39 is 11.4 Å². The van der Waals surface area contributed by atoms with E-state index in [0.717, 1.165) is 35.9 Å². The highest BCUT2D eigenvalue weighted by atomic mass is 19.1. The van der Waals surface area contributed by atoms with Crippen molar-refractivity contribution in [2.45, 2.75) is 38.7 Å². The highest BCUT2D eigenvalue weighted by Gasteiger charge is 2.38. The number of aromatic nitrogens is 3. The Balaban J connectivity index is 1.75. The van der Waals surface area contributed by atoms with Crippen molar-refractivity contribution in [3.8, 4) is 11.8 Å². The molecule has 0 amide bonds. The molecule has 2 aliphatic carbocycles. The summed E-state index contributed by atoms with van der Waals surface area (Å²) in [4.78, 5) is 12.3. The van der Waals surface area contributed by atoms with Gasteiger partial charge in [0.25, 0.3) is 0 Å². The first-order valence-corrected chi connectivity index (χ1v) is 8.60. The Labute approximate surface area is 151 Å². The maximum absolute atomic E-state index is 14.2. The van der Waals surface area contributed by atoms with Gasteiger partial charge in [-0.25, -0.2) is 19.3 Å². The third kappa shape index (κ3) is 2.95. The number of anilines is 1. The van der Waals surface area contributed by atoms with Gasteiger partial charge < -0.3 is 10.8 Å². The largest absolute Gasteiger partial charge is 0.378 e. The van der Waals surface area contributed by atoms with Crippen LogP contribution in [0.2, 0.25) is 0 Å². The van der Waals surface area contributed by atoms with E-state index >= 15 is 0 Å². The van der Waals surface area contributed by atoms with Crippen molar-refractivity contribution in [3.63, 3.8) is 0 Å². The molecule has 6 heteroatoms. The van der Waals surface area contributed by atoms with Crippen molar-refractivity contribution in [2.24, 2.45) is 5.92 Å². The Kier molecular flexibility index (Phi) is 3.78. The fraction of sp³-hybridized carbons (Fsp3) is 0.350. The number of hydrogen-bond donors (Lipinski definition) is 2. The molecule has 2 aliphatic rings. The number of aryl methyl sites for hydroxylation is 1. The Hall–Kier alpha value is -2.78. The van der Waals surface area contributed by atoms with Crippen LogP contribution >= 0.6 is 0 Å². The van der Waals surface area contributed by atoms with Crippen LogP contribution in [0.25, 0.3) is 5.57 Å². The summed E-state index contributed by atoms with van der Waals surface area (Å²) >= 11 is 0. The first kappa shape index (κ1) is 16.7. The van der Waals surface area contributed by atoms with Crippen molar-refractivity contribution in [1.29, 1.82) is 0 Å². The highest BCUT2D eigenvalue weighted by Crippen LogP contribution is 2.39. The quantitative estimate of drug-likeness (QED) is 0.813. The normalized spacial score (nSPS) is 17.8. The van der Waals surface area contributed by atoms with Crippen LogP contribution in [0.5, 0.6) is 0 Å². The molecule has 26 heavy (non-hydrogen) atoms. The lowest BCUT2D eigenvalue weighted by molar-refractivity contribution is 0.0980. The van der Waals surface area contributed by atoms with Gasteiger partial charge in [-0.15, -0.1) is 0 Å². The summed E-state index contributed by atoms with van der Waals surface area (Å²) in [6.07, 6.45) is 5.65. The second kappa shape index (κ2) is 5.89. The summed E-state index contributed by atoms with van der Waals surface area (Å²) in [5.41, 5.74) is 8.76. The first-order valence-electron chi connectivity index (χ1n) is 8.60. The van der Waals surface area contributed by atoms with E-state index in [4.69, 9.17) is 5.73 Å². The second-order valence-corrected chi connectivity index (χ2v) is 7.04. The number of nitrogens with two attached hydrogens (primary N) is 1. The number of halogens is 1. The lowest BCUT2D eigenvalue weighted by Gasteiger charge is -2.14. The Bertz CT molecular complexity index is 997. The molecule has 0 aliphatic heterocycles. The summed E-state index contributed by atoms with van der Waals surface area (Å²) < 4.78 is 14.2. The van der Waals surface area contributed by atoms with Gasteiger partial charge in [-0.1, -0.05) is 12.0 Å². The standard InChI is InChI=1S/C20H19FN4O/c1-11-14-5-6-15(18-17(21)10-23-19(22)25-18)16(14)9-13(24-11)7-8-20(2,26)12-3-4-12/h6,9-10,12,26H,3-5H2,1-2H3,(H2,22,23,25). The Morgan fingerprint density at radius 1 is 1.35 bits per heavy atom. The molecular formula is C20H19FN4O. The number of nitrogen functional groups attached to an aromatic ring is 1. The second-order valence-electron chi connectivity index (χ2n) is 7.04. The van der Waals surface area contributed by atoms with E-state index in [2.05, 4.69) is 26.8 Å². The molecule has 2 aromatic heterocycles. The SMILES string of the molecule is Cc1nc(C#CC(C)(O)C2CC2)cc2c1CC=C2c1nc(N)ncc1F. The third-order valence-corrected chi connectivity index (χ3v) is 4.97. The molecule has 4 rings (SSSR count). The molecule has 1 saturated carbocycles. The monoisotopic (exact) mass is 350 g/mol. The number of allylic oxidation sites excluding steroid dienone is 1. The number of rotatable bonds is 2. The van der Waals surface area contributed by atoms with Crippen LogP contribution in [0.15, 0.2) is 18.3 Å². The van der Waals surface area contributed by atoms with E-state index in [0.29, 0.717) is 17.7 Å². The number of fused-ring (bicyclic) bond motifs is 1. The van der Waals surface area contributed by atoms with Gasteiger partial charge in [-0.3, -0.25) is 0 Å². The minimum absolute atomic E-state index is 0.0297. The van der Waals surface area contributed by atoms with E-state index in [9.17, 15) is 9.50 Å². The molecule has 2 aromatic rings. The molecule has 0 saturated heterocycles. The van der Waals surface area contributed by atoms with Crippen LogP contribution in [0, 0.1) is 30.5 Å². The minimum Gasteiger partial charge on any atom is -0.378 e. The van der Waals surface area contributed by atoms with Gasteiger partial charge in [-0.2, -0.15) is 0 Å². The summed E-state index contributed by atoms with van der Waals surface area (Å²) in [6.45, 7) is 3.65. The van der Waals surface area contributed by atoms with Crippen LogP contribution in [-0.4, -0.2) is 25.7 Å². The molecule has 1 fully saturated rings. The Morgan fingerprint density at radius 2 is 2.12 bits per heavy atom. The molecule has 1 unspecified atom stereocenters. The van der Waals surface area contributed by atoms with Gasteiger partial charge in [-0.05, 0) is 62.1 Å². The zero-order chi connectivity index (χ0) is 18.5. The molecular weight excluding hydrogens is 331 g/mol. The van der Waals surface area contributed by atoms with Gasteiger partial charge in [0.2, 0.25) is 5.95 Å². The van der Waals surface area contributed by atoms with Crippen LogP contribution in [-0.2, 0) is 6.42 Å². The van der Waals surface area contributed by atoms with Crippen molar-refractivity contribution >= 4 is 11.5 Å². The maximum atomic E-state index is 14.2. The van der Waals surface area contributed by atoms with Gasteiger partial charge in [0.15, 0.2) is 5.82 Å². The Morgan fingerprint density at radius 3 is 2.85 bits per heavy atom. The van der Waals surface area contributed by atoms with Crippen LogP contribution in [0.3, 0.4) is 0 Å². The topological polar surface area (TPSA) is 84.9 Å². The van der Waals surface area contributed by atoms with Crippen LogP contribution in [0.4, 0.5) is 10.3 Å². The van der Waals surface area contributed by atoms with Crippen molar-refractivity contribution in [2.75, 3.05) is 5.73 Å². The summed E-state index contributed by atoms with van der Waals surface area (Å²) in [5.74, 6) is 5.67. The molecule has 132 valence electrons. The number of aliphatic hydroxyl groups is 1. The number of hydrogen-bond acceptors (Lipinski definition) is 5. The average molecular weight is 350 g/mol. The summed E-state index contributed by atoms with van der Waals surface area (Å²) in [7, 11) is 0. The molecule has 0 aromatic carbocycles. The van der Waals surface area contributed by atoms with E-state index in [1.807, 2.05) is 19.1 Å². The fourth-order valence-electron chi connectivity index (χ4n) is 3.31. The fourth-order valence-corrected chi connectivity index (χ4v) is 3.31. The predicted molar refractivity (Wildman–Crippen MR) is 96.4 cm³/mol. The van der Waals surface area contributed by atoms with E-state index in [-0.39, 0.29) is 17.6 Å². The van der Waals surface area contributed by atoms with Gasteiger partial charge >= 0.3 is 0 Å². The zero-order valence-corrected chi connectivity index (χ0v) is 14.7. The average Bonchev–Trinajstić information content (AvgIpc) is 3.37. The minimum atomic E-state index is -1.000. The molecule has 0 bridgehead atoms. The molecule has 0 spiro atoms. The van der Waals surface area contributed by atoms with Crippen LogP contribution < -0.4 is 5.73 Å². The molecule has 3 N–H and O–H groups in total. The third-order valence-electron chi connectivity index (χ3n) is 4.97. The summed E-state index contributed by atoms with van der Waals surface area (Å²) in [6, 6.07) is 1.83. The van der Waals surface area contributed by atoms with Crippen molar-refractivity contribution < 1.29 is 9.50 Å². The highest BCUT2D eigenvalue weighted by molar-refractivity contribution is 5.84.